The fourth-order valence-electron chi connectivity index (χ4n) is 2.27. The second kappa shape index (κ2) is 6.54. The maximum absolute atomic E-state index is 13.2. The molecule has 0 N–H and O–H groups in total. The van der Waals surface area contributed by atoms with Crippen molar-refractivity contribution in [1.82, 2.24) is 9.55 Å². The van der Waals surface area contributed by atoms with Gasteiger partial charge in [0.05, 0.1) is 16.6 Å². The molecule has 1 heterocycles. The minimum absolute atomic E-state index is 0.131. The van der Waals surface area contributed by atoms with Crippen molar-refractivity contribution in [3.63, 3.8) is 0 Å². The lowest BCUT2D eigenvalue weighted by molar-refractivity contribution is 0.627. The standard InChI is InChI=1S/C18H17FN2OS/c1-12(2)11-23-18-20-16-6-4-3-5-15(16)17(22)21(18)14-9-7-13(19)8-10-14/h3-10,12H,11H2,1-2H3. The van der Waals surface area contributed by atoms with E-state index in [9.17, 15) is 9.18 Å². The zero-order chi connectivity index (χ0) is 16.4. The van der Waals surface area contributed by atoms with Crippen LogP contribution in [0.1, 0.15) is 13.8 Å². The number of benzene rings is 2. The van der Waals surface area contributed by atoms with E-state index in [1.54, 1.807) is 34.5 Å². The molecular weight excluding hydrogens is 311 g/mol. The van der Waals surface area contributed by atoms with E-state index in [1.165, 1.54) is 12.1 Å². The third-order valence-corrected chi connectivity index (χ3v) is 4.74. The zero-order valence-electron chi connectivity index (χ0n) is 13.0. The summed E-state index contributed by atoms with van der Waals surface area (Å²) in [6.07, 6.45) is 0. The van der Waals surface area contributed by atoms with Crippen LogP contribution in [0.25, 0.3) is 16.6 Å². The smallest absolute Gasteiger partial charge is 0.266 e. The summed E-state index contributed by atoms with van der Waals surface area (Å²) in [4.78, 5) is 17.5. The number of aromatic nitrogens is 2. The number of fused-ring (bicyclic) bond motifs is 1. The fraction of sp³-hybridized carbons (Fsp3) is 0.222. The van der Waals surface area contributed by atoms with Gasteiger partial charge in [0.25, 0.3) is 5.56 Å². The molecule has 3 aromatic rings. The molecule has 0 saturated heterocycles. The van der Waals surface area contributed by atoms with Gasteiger partial charge in [0.1, 0.15) is 5.82 Å². The topological polar surface area (TPSA) is 34.9 Å². The number of nitrogens with zero attached hydrogens (tertiary/aromatic N) is 2. The molecule has 3 rings (SSSR count). The van der Waals surface area contributed by atoms with E-state index in [4.69, 9.17) is 0 Å². The lowest BCUT2D eigenvalue weighted by atomic mass is 10.2. The predicted molar refractivity (Wildman–Crippen MR) is 92.9 cm³/mol. The summed E-state index contributed by atoms with van der Waals surface area (Å²) in [7, 11) is 0. The highest BCUT2D eigenvalue weighted by atomic mass is 32.2. The molecule has 3 nitrogen and oxygen atoms in total. The van der Waals surface area contributed by atoms with Crippen molar-refractivity contribution < 1.29 is 4.39 Å². The lowest BCUT2D eigenvalue weighted by Gasteiger charge is -2.14. The maximum Gasteiger partial charge on any atom is 0.266 e. The second-order valence-corrected chi connectivity index (χ2v) is 6.72. The van der Waals surface area contributed by atoms with Gasteiger partial charge in [0.15, 0.2) is 5.16 Å². The van der Waals surface area contributed by atoms with Gasteiger partial charge >= 0.3 is 0 Å². The molecule has 118 valence electrons. The van der Waals surface area contributed by atoms with E-state index < -0.39 is 0 Å². The summed E-state index contributed by atoms with van der Waals surface area (Å²) < 4.78 is 14.8. The van der Waals surface area contributed by atoms with Crippen LogP contribution in [0.5, 0.6) is 0 Å². The molecular formula is C18H17FN2OS. The Kier molecular flexibility index (Phi) is 4.48. The summed E-state index contributed by atoms with van der Waals surface area (Å²) >= 11 is 1.54. The molecule has 23 heavy (non-hydrogen) atoms. The van der Waals surface area contributed by atoms with Crippen LogP contribution in [-0.2, 0) is 0 Å². The SMILES string of the molecule is CC(C)CSc1nc2ccccc2c(=O)n1-c1ccc(F)cc1. The van der Waals surface area contributed by atoms with Crippen molar-refractivity contribution in [1.29, 1.82) is 0 Å². The Morgan fingerprint density at radius 1 is 1.13 bits per heavy atom. The number of thioether (sulfide) groups is 1. The van der Waals surface area contributed by atoms with Gasteiger partial charge in [-0.05, 0) is 42.3 Å². The van der Waals surface area contributed by atoms with Crippen LogP contribution in [0, 0.1) is 11.7 Å². The van der Waals surface area contributed by atoms with Crippen LogP contribution >= 0.6 is 11.8 Å². The molecule has 0 bridgehead atoms. The molecule has 0 fully saturated rings. The third-order valence-electron chi connectivity index (χ3n) is 3.38. The van der Waals surface area contributed by atoms with Crippen LogP contribution in [0.3, 0.4) is 0 Å². The highest BCUT2D eigenvalue weighted by Gasteiger charge is 2.13. The number of hydrogen-bond donors (Lipinski definition) is 0. The third kappa shape index (κ3) is 3.29. The molecule has 0 aliphatic heterocycles. The van der Waals surface area contributed by atoms with E-state index in [-0.39, 0.29) is 11.4 Å². The quantitative estimate of drug-likeness (QED) is 0.530. The van der Waals surface area contributed by atoms with Gasteiger partial charge in [0, 0.05) is 5.75 Å². The number of rotatable bonds is 4. The van der Waals surface area contributed by atoms with Gasteiger partial charge in [-0.15, -0.1) is 0 Å². The van der Waals surface area contributed by atoms with Crippen LogP contribution in [-0.4, -0.2) is 15.3 Å². The van der Waals surface area contributed by atoms with Crippen molar-refractivity contribution in [3.05, 3.63) is 64.7 Å². The van der Waals surface area contributed by atoms with Gasteiger partial charge in [0.2, 0.25) is 0 Å². The van der Waals surface area contributed by atoms with Gasteiger partial charge in [-0.1, -0.05) is 37.7 Å². The van der Waals surface area contributed by atoms with Crippen LogP contribution in [0.15, 0.2) is 58.5 Å². The first-order valence-corrected chi connectivity index (χ1v) is 8.45. The number of halogens is 1. The monoisotopic (exact) mass is 328 g/mol. The Morgan fingerprint density at radius 2 is 1.83 bits per heavy atom. The van der Waals surface area contributed by atoms with Gasteiger partial charge in [-0.2, -0.15) is 0 Å². The fourth-order valence-corrected chi connectivity index (χ4v) is 3.23. The summed E-state index contributed by atoms with van der Waals surface area (Å²) in [5.74, 6) is 1.00. The van der Waals surface area contributed by atoms with E-state index in [0.717, 1.165) is 5.75 Å². The Labute approximate surface area is 138 Å². The van der Waals surface area contributed by atoms with Crippen molar-refractivity contribution in [2.45, 2.75) is 19.0 Å². The minimum atomic E-state index is -0.327. The van der Waals surface area contributed by atoms with E-state index >= 15 is 0 Å². The van der Waals surface area contributed by atoms with Crippen molar-refractivity contribution >= 4 is 22.7 Å². The molecule has 5 heteroatoms. The normalized spacial score (nSPS) is 11.3. The van der Waals surface area contributed by atoms with E-state index in [0.29, 0.717) is 27.7 Å². The van der Waals surface area contributed by atoms with Crippen molar-refractivity contribution in [3.8, 4) is 5.69 Å². The first-order valence-electron chi connectivity index (χ1n) is 7.47. The van der Waals surface area contributed by atoms with E-state index in [1.807, 2.05) is 18.2 Å². The van der Waals surface area contributed by atoms with Gasteiger partial charge in [-0.25, -0.2) is 9.37 Å². The summed E-state index contributed by atoms with van der Waals surface area (Å²) in [5, 5.41) is 1.19. The largest absolute Gasteiger partial charge is 0.268 e. The Balaban J connectivity index is 2.23. The highest BCUT2D eigenvalue weighted by Crippen LogP contribution is 2.23. The van der Waals surface area contributed by atoms with Gasteiger partial charge in [-0.3, -0.25) is 9.36 Å². The summed E-state index contributed by atoms with van der Waals surface area (Å²) in [6, 6.07) is 13.2. The van der Waals surface area contributed by atoms with Crippen LogP contribution in [0.4, 0.5) is 4.39 Å². The lowest BCUT2D eigenvalue weighted by Crippen LogP contribution is -2.22. The molecule has 0 aliphatic carbocycles. The number of hydrogen-bond acceptors (Lipinski definition) is 3. The molecule has 1 aromatic heterocycles. The molecule has 0 atom stereocenters. The second-order valence-electron chi connectivity index (χ2n) is 5.73. The molecule has 2 aromatic carbocycles. The summed E-state index contributed by atoms with van der Waals surface area (Å²) in [5.41, 5.74) is 1.18. The van der Waals surface area contributed by atoms with Crippen molar-refractivity contribution in [2.24, 2.45) is 5.92 Å². The molecule has 0 aliphatic rings. The molecule has 0 unspecified atom stereocenters. The molecule has 0 spiro atoms. The van der Waals surface area contributed by atoms with Crippen LogP contribution < -0.4 is 5.56 Å². The molecule has 0 saturated carbocycles. The van der Waals surface area contributed by atoms with Gasteiger partial charge < -0.3 is 0 Å². The van der Waals surface area contributed by atoms with Crippen LogP contribution in [0.2, 0.25) is 0 Å². The molecule has 0 amide bonds. The Hall–Kier alpha value is -2.14. The van der Waals surface area contributed by atoms with E-state index in [2.05, 4.69) is 18.8 Å². The number of para-hydroxylation sites is 1. The minimum Gasteiger partial charge on any atom is -0.268 e. The Bertz CT molecular complexity index is 888. The average molecular weight is 328 g/mol. The Morgan fingerprint density at radius 3 is 2.52 bits per heavy atom. The molecule has 0 radical (unpaired) electrons. The zero-order valence-corrected chi connectivity index (χ0v) is 13.8. The maximum atomic E-state index is 13.2. The first kappa shape index (κ1) is 15.7. The predicted octanol–water partition coefficient (Wildman–Crippen LogP) is 4.27. The van der Waals surface area contributed by atoms with Crippen molar-refractivity contribution in [2.75, 3.05) is 5.75 Å². The highest BCUT2D eigenvalue weighted by molar-refractivity contribution is 7.99. The average Bonchev–Trinajstić information content (AvgIpc) is 2.54. The summed E-state index contributed by atoms with van der Waals surface area (Å²) in [6.45, 7) is 4.24. The first-order chi connectivity index (χ1) is 11.1.